The number of hydrogen-bond donors (Lipinski definition) is 2. The summed E-state index contributed by atoms with van der Waals surface area (Å²) < 4.78 is 10.00. The molecule has 1 aliphatic rings. The minimum Gasteiger partial charge on any atom is -0.463 e. The van der Waals surface area contributed by atoms with Crippen LogP contribution in [0.5, 0.6) is 0 Å². The van der Waals surface area contributed by atoms with Crippen LogP contribution < -0.4 is 0 Å². The molecule has 0 bridgehead atoms. The summed E-state index contributed by atoms with van der Waals surface area (Å²) >= 11 is 0. The second-order valence-corrected chi connectivity index (χ2v) is 4.74. The Morgan fingerprint density at radius 3 is 2.79 bits per heavy atom. The van der Waals surface area contributed by atoms with Gasteiger partial charge in [-0.1, -0.05) is 26.2 Å². The maximum atomic E-state index is 11.4. The Hall–Kier alpha value is -0.980. The Bertz CT molecular complexity index is 304. The van der Waals surface area contributed by atoms with Crippen LogP contribution in [0.3, 0.4) is 0 Å². The molecule has 0 spiro atoms. The number of carbonyl (C=O) groups is 2. The molecule has 6 heteroatoms. The predicted molar refractivity (Wildman–Crippen MR) is 66.5 cm³/mol. The van der Waals surface area contributed by atoms with Crippen molar-refractivity contribution in [2.75, 3.05) is 13.2 Å². The normalized spacial score (nSPS) is 27.3. The smallest absolute Gasteiger partial charge is 0.305 e. The monoisotopic (exact) mass is 274 g/mol. The van der Waals surface area contributed by atoms with E-state index in [1.807, 2.05) is 0 Å². The third-order valence-electron chi connectivity index (χ3n) is 3.12. The molecule has 0 unspecified atom stereocenters. The molecule has 19 heavy (non-hydrogen) atoms. The summed E-state index contributed by atoms with van der Waals surface area (Å²) in [4.78, 5) is 22.5. The van der Waals surface area contributed by atoms with Gasteiger partial charge >= 0.3 is 5.97 Å². The van der Waals surface area contributed by atoms with Crippen molar-refractivity contribution in [2.24, 2.45) is 0 Å². The highest BCUT2D eigenvalue weighted by Crippen LogP contribution is 2.13. The number of ketones is 1. The van der Waals surface area contributed by atoms with Crippen LogP contribution in [-0.2, 0) is 19.1 Å². The van der Waals surface area contributed by atoms with E-state index in [0.29, 0.717) is 6.42 Å². The van der Waals surface area contributed by atoms with Crippen LogP contribution in [0.25, 0.3) is 0 Å². The highest BCUT2D eigenvalue weighted by Gasteiger charge is 2.37. The Morgan fingerprint density at radius 1 is 1.37 bits per heavy atom. The molecule has 0 aromatic heterocycles. The van der Waals surface area contributed by atoms with E-state index in [4.69, 9.17) is 9.47 Å². The summed E-state index contributed by atoms with van der Waals surface area (Å²) in [7, 11) is 0. The molecule has 1 aliphatic heterocycles. The fourth-order valence-corrected chi connectivity index (χ4v) is 1.86. The van der Waals surface area contributed by atoms with Crippen molar-refractivity contribution in [1.82, 2.24) is 0 Å². The Morgan fingerprint density at radius 2 is 2.11 bits per heavy atom. The van der Waals surface area contributed by atoms with Gasteiger partial charge in [0.1, 0.15) is 31.5 Å². The van der Waals surface area contributed by atoms with E-state index in [0.717, 1.165) is 25.7 Å². The maximum Gasteiger partial charge on any atom is 0.305 e. The van der Waals surface area contributed by atoms with Gasteiger partial charge in [-0.2, -0.15) is 0 Å². The van der Waals surface area contributed by atoms with E-state index in [2.05, 4.69) is 6.92 Å². The number of aliphatic hydroxyl groups is 2. The number of aliphatic hydroxyl groups excluding tert-OH is 2. The lowest BCUT2D eigenvalue weighted by Gasteiger charge is -2.30. The lowest BCUT2D eigenvalue weighted by Crippen LogP contribution is -2.52. The van der Waals surface area contributed by atoms with Crippen molar-refractivity contribution >= 4 is 11.8 Å². The van der Waals surface area contributed by atoms with Crippen molar-refractivity contribution in [2.45, 2.75) is 57.3 Å². The van der Waals surface area contributed by atoms with Gasteiger partial charge in [0.2, 0.25) is 0 Å². The quantitative estimate of drug-likeness (QED) is 0.508. The van der Waals surface area contributed by atoms with Gasteiger partial charge in [-0.15, -0.1) is 0 Å². The summed E-state index contributed by atoms with van der Waals surface area (Å²) in [5.74, 6) is -0.909. The molecule has 1 saturated heterocycles. The second kappa shape index (κ2) is 8.24. The highest BCUT2D eigenvalue weighted by atomic mass is 16.6. The van der Waals surface area contributed by atoms with E-state index >= 15 is 0 Å². The first-order valence-electron chi connectivity index (χ1n) is 6.72. The highest BCUT2D eigenvalue weighted by molar-refractivity contribution is 5.85. The van der Waals surface area contributed by atoms with Gasteiger partial charge in [-0.3, -0.25) is 9.59 Å². The third kappa shape index (κ3) is 5.26. The van der Waals surface area contributed by atoms with Crippen molar-refractivity contribution in [1.29, 1.82) is 0 Å². The topological polar surface area (TPSA) is 93.1 Å². The van der Waals surface area contributed by atoms with Crippen LogP contribution in [0.1, 0.15) is 39.0 Å². The summed E-state index contributed by atoms with van der Waals surface area (Å²) in [6, 6.07) is 0. The number of unbranched alkanes of at least 4 members (excludes halogenated alkanes) is 3. The minimum atomic E-state index is -1.46. The number of carbonyl (C=O) groups excluding carboxylic acids is 2. The molecule has 0 amide bonds. The van der Waals surface area contributed by atoms with Crippen LogP contribution in [0, 0.1) is 0 Å². The van der Waals surface area contributed by atoms with Crippen molar-refractivity contribution < 1.29 is 29.3 Å². The number of hydrogen-bond acceptors (Lipinski definition) is 6. The van der Waals surface area contributed by atoms with Gasteiger partial charge in [0.05, 0.1) is 0 Å². The van der Waals surface area contributed by atoms with E-state index < -0.39 is 24.1 Å². The molecule has 0 aliphatic carbocycles. The van der Waals surface area contributed by atoms with Gasteiger partial charge in [0.15, 0.2) is 5.78 Å². The van der Waals surface area contributed by atoms with E-state index in [9.17, 15) is 19.8 Å². The van der Waals surface area contributed by atoms with Crippen LogP contribution in [0.2, 0.25) is 0 Å². The zero-order valence-corrected chi connectivity index (χ0v) is 11.2. The zero-order chi connectivity index (χ0) is 14.3. The van der Waals surface area contributed by atoms with Gasteiger partial charge in [-0.25, -0.2) is 0 Å². The van der Waals surface area contributed by atoms with Gasteiger partial charge in [0, 0.05) is 6.42 Å². The summed E-state index contributed by atoms with van der Waals surface area (Å²) in [5.41, 5.74) is 0. The van der Waals surface area contributed by atoms with Crippen molar-refractivity contribution in [3.05, 3.63) is 0 Å². The zero-order valence-electron chi connectivity index (χ0n) is 11.2. The summed E-state index contributed by atoms with van der Waals surface area (Å²) in [5, 5.41) is 18.9. The summed E-state index contributed by atoms with van der Waals surface area (Å²) in [6.45, 7) is 1.68. The standard InChI is InChI=1S/C13H22O6/c1-2-3-4-5-6-11(15)19-8-10-13(17)12(16)9(14)7-18-10/h10,12-13,16-17H,2-8H2,1H3/t10-,12-,13-/m1/s1. The van der Waals surface area contributed by atoms with E-state index in [-0.39, 0.29) is 19.2 Å². The molecule has 0 saturated carbocycles. The average molecular weight is 274 g/mol. The Kier molecular flexibility index (Phi) is 6.97. The van der Waals surface area contributed by atoms with E-state index in [1.165, 1.54) is 0 Å². The van der Waals surface area contributed by atoms with Crippen LogP contribution in [0.15, 0.2) is 0 Å². The first kappa shape index (κ1) is 16.1. The first-order valence-corrected chi connectivity index (χ1v) is 6.72. The number of Topliss-reactive ketones (excluding diaryl/α,β-unsaturated/α-hetero) is 1. The van der Waals surface area contributed by atoms with Gasteiger partial charge < -0.3 is 19.7 Å². The fraction of sp³-hybridized carbons (Fsp3) is 0.846. The molecule has 6 nitrogen and oxygen atoms in total. The summed E-state index contributed by atoms with van der Waals surface area (Å²) in [6.07, 6.45) is 0.659. The van der Waals surface area contributed by atoms with Gasteiger partial charge in [0.25, 0.3) is 0 Å². The fourth-order valence-electron chi connectivity index (χ4n) is 1.86. The largest absolute Gasteiger partial charge is 0.463 e. The minimum absolute atomic E-state index is 0.141. The molecule has 0 radical (unpaired) electrons. The van der Waals surface area contributed by atoms with Crippen LogP contribution in [0.4, 0.5) is 0 Å². The molecule has 1 rings (SSSR count). The van der Waals surface area contributed by atoms with Crippen LogP contribution >= 0.6 is 0 Å². The molecule has 1 heterocycles. The van der Waals surface area contributed by atoms with Crippen LogP contribution in [-0.4, -0.2) is 53.5 Å². The lowest BCUT2D eigenvalue weighted by atomic mass is 10.0. The molecule has 2 N–H and O–H groups in total. The Labute approximate surface area is 112 Å². The Balaban J connectivity index is 2.21. The van der Waals surface area contributed by atoms with Gasteiger partial charge in [-0.05, 0) is 6.42 Å². The third-order valence-corrected chi connectivity index (χ3v) is 3.12. The van der Waals surface area contributed by atoms with E-state index in [1.54, 1.807) is 0 Å². The SMILES string of the molecule is CCCCCCC(=O)OC[C@H]1OCC(=O)[C@@H](O)[C@@H]1O. The maximum absolute atomic E-state index is 11.4. The molecule has 1 fully saturated rings. The van der Waals surface area contributed by atoms with Crippen molar-refractivity contribution in [3.63, 3.8) is 0 Å². The molecule has 110 valence electrons. The molecule has 0 aromatic carbocycles. The van der Waals surface area contributed by atoms with Crippen molar-refractivity contribution in [3.8, 4) is 0 Å². The predicted octanol–water partition coefficient (Wildman–Crippen LogP) is 0.190. The number of ether oxygens (including phenoxy) is 2. The molecule has 0 aromatic rings. The second-order valence-electron chi connectivity index (χ2n) is 4.74. The number of esters is 1. The molecule has 3 atom stereocenters. The first-order chi connectivity index (χ1) is 9.06. The molecular weight excluding hydrogens is 252 g/mol. The molecular formula is C13H22O6. The average Bonchev–Trinajstić information content (AvgIpc) is 2.40. The number of rotatable bonds is 7. The lowest BCUT2D eigenvalue weighted by molar-refractivity contribution is -0.177.